The fourth-order valence-electron chi connectivity index (χ4n) is 3.02. The van der Waals surface area contributed by atoms with Gasteiger partial charge in [-0.2, -0.15) is 11.3 Å². The molecular weight excluding hydrogens is 320 g/mol. The molecule has 2 unspecified atom stereocenters. The van der Waals surface area contributed by atoms with E-state index < -0.39 is 0 Å². The van der Waals surface area contributed by atoms with Crippen molar-refractivity contribution in [3.63, 3.8) is 0 Å². The molecule has 0 spiro atoms. The van der Waals surface area contributed by atoms with E-state index >= 15 is 0 Å². The van der Waals surface area contributed by atoms with E-state index in [-0.39, 0.29) is 18.1 Å². The minimum Gasteiger partial charge on any atom is -0.358 e. The Labute approximate surface area is 144 Å². The lowest BCUT2D eigenvalue weighted by atomic mass is 10.1. The highest BCUT2D eigenvalue weighted by Crippen LogP contribution is 2.31. The molecule has 2 aliphatic rings. The lowest BCUT2D eigenvalue weighted by molar-refractivity contribution is -0.125. The molecule has 3 heterocycles. The van der Waals surface area contributed by atoms with Crippen LogP contribution < -0.4 is 10.2 Å². The van der Waals surface area contributed by atoms with Gasteiger partial charge < -0.3 is 15.1 Å². The van der Waals surface area contributed by atoms with E-state index in [9.17, 15) is 4.79 Å². The molecule has 2 atom stereocenters. The minimum atomic E-state index is -0.103. The number of amides is 1. The first kappa shape index (κ1) is 15.0. The standard InChI is InChI=1S/C18H18N4OS/c1-21(2)18(23)15-9-16-17(20-15)19-11-22(16)14-5-3-4-12(8-14)13-6-7-24-10-13/h3-11,16-17,20H,1-2H3. The third-order valence-electron chi connectivity index (χ3n) is 4.27. The molecule has 0 radical (unpaired) electrons. The van der Waals surface area contributed by atoms with Gasteiger partial charge in [0.25, 0.3) is 5.91 Å². The second-order valence-electron chi connectivity index (χ2n) is 6.09. The van der Waals surface area contributed by atoms with Crippen LogP contribution in [0.4, 0.5) is 5.69 Å². The van der Waals surface area contributed by atoms with Crippen molar-refractivity contribution in [3.8, 4) is 11.1 Å². The Balaban J connectivity index is 1.63. The number of nitrogens with zero attached hydrogens (tertiary/aromatic N) is 3. The predicted octanol–water partition coefficient (Wildman–Crippen LogP) is 2.53. The van der Waals surface area contributed by atoms with Crippen molar-refractivity contribution < 1.29 is 4.79 Å². The molecule has 122 valence electrons. The first-order chi connectivity index (χ1) is 11.6. The number of hydrogen-bond donors (Lipinski definition) is 1. The molecule has 1 amide bonds. The van der Waals surface area contributed by atoms with Gasteiger partial charge in [-0.25, -0.2) is 4.99 Å². The monoisotopic (exact) mass is 338 g/mol. The number of anilines is 1. The van der Waals surface area contributed by atoms with Crippen molar-refractivity contribution in [1.29, 1.82) is 0 Å². The van der Waals surface area contributed by atoms with Crippen LogP contribution in [-0.4, -0.2) is 43.4 Å². The van der Waals surface area contributed by atoms with E-state index in [0.29, 0.717) is 5.70 Å². The molecule has 5 nitrogen and oxygen atoms in total. The number of hydrogen-bond acceptors (Lipinski definition) is 5. The van der Waals surface area contributed by atoms with Crippen molar-refractivity contribution in [3.05, 3.63) is 52.9 Å². The second kappa shape index (κ2) is 5.79. The Hall–Kier alpha value is -2.60. The highest BCUT2D eigenvalue weighted by Gasteiger charge is 2.37. The maximum atomic E-state index is 12.2. The zero-order valence-electron chi connectivity index (χ0n) is 13.5. The molecule has 0 fully saturated rings. The normalized spacial score (nSPS) is 21.4. The van der Waals surface area contributed by atoms with Crippen LogP contribution in [0, 0.1) is 0 Å². The Morgan fingerprint density at radius 1 is 1.29 bits per heavy atom. The first-order valence-corrected chi connectivity index (χ1v) is 8.72. The summed E-state index contributed by atoms with van der Waals surface area (Å²) in [5.74, 6) is -0.0217. The molecular formula is C18H18N4OS. The highest BCUT2D eigenvalue weighted by molar-refractivity contribution is 7.08. The maximum absolute atomic E-state index is 12.2. The van der Waals surface area contributed by atoms with Gasteiger partial charge in [0.05, 0.1) is 18.1 Å². The predicted molar refractivity (Wildman–Crippen MR) is 98.2 cm³/mol. The van der Waals surface area contributed by atoms with Crippen LogP contribution in [0.2, 0.25) is 0 Å². The molecule has 2 aliphatic heterocycles. The van der Waals surface area contributed by atoms with Crippen molar-refractivity contribution >= 4 is 29.3 Å². The average Bonchev–Trinajstić information content (AvgIpc) is 3.30. The van der Waals surface area contributed by atoms with Crippen LogP contribution in [0.25, 0.3) is 11.1 Å². The molecule has 24 heavy (non-hydrogen) atoms. The highest BCUT2D eigenvalue weighted by atomic mass is 32.1. The van der Waals surface area contributed by atoms with Crippen LogP contribution >= 0.6 is 11.3 Å². The van der Waals surface area contributed by atoms with Crippen LogP contribution in [0.1, 0.15) is 0 Å². The van der Waals surface area contributed by atoms with Crippen LogP contribution in [0.15, 0.2) is 57.9 Å². The van der Waals surface area contributed by atoms with Crippen LogP contribution in [-0.2, 0) is 4.79 Å². The minimum absolute atomic E-state index is 0.0217. The molecule has 0 saturated carbocycles. The van der Waals surface area contributed by atoms with Crippen molar-refractivity contribution in [2.75, 3.05) is 19.0 Å². The molecule has 0 bridgehead atoms. The molecule has 1 N–H and O–H groups in total. The summed E-state index contributed by atoms with van der Waals surface area (Å²) in [6, 6.07) is 10.6. The lowest BCUT2D eigenvalue weighted by Crippen LogP contribution is -2.37. The number of benzene rings is 1. The van der Waals surface area contributed by atoms with Gasteiger partial charge in [-0.15, -0.1) is 0 Å². The Morgan fingerprint density at radius 3 is 2.92 bits per heavy atom. The van der Waals surface area contributed by atoms with E-state index in [4.69, 9.17) is 0 Å². The number of aliphatic imine (C=N–C) groups is 1. The van der Waals surface area contributed by atoms with Gasteiger partial charge in [0, 0.05) is 19.8 Å². The van der Waals surface area contributed by atoms with Gasteiger partial charge in [-0.1, -0.05) is 12.1 Å². The van der Waals surface area contributed by atoms with E-state index in [2.05, 4.69) is 56.3 Å². The summed E-state index contributed by atoms with van der Waals surface area (Å²) < 4.78 is 0. The van der Waals surface area contributed by atoms with Crippen LogP contribution in [0.5, 0.6) is 0 Å². The largest absolute Gasteiger partial charge is 0.358 e. The lowest BCUT2D eigenvalue weighted by Gasteiger charge is -2.22. The quantitative estimate of drug-likeness (QED) is 0.936. The molecule has 0 saturated heterocycles. The molecule has 0 aliphatic carbocycles. The number of rotatable bonds is 3. The number of likely N-dealkylation sites (N-methyl/N-ethyl adjacent to an activating group) is 1. The summed E-state index contributed by atoms with van der Waals surface area (Å²) >= 11 is 1.69. The topological polar surface area (TPSA) is 47.9 Å². The third-order valence-corrected chi connectivity index (χ3v) is 4.96. The van der Waals surface area contributed by atoms with Crippen LogP contribution in [0.3, 0.4) is 0 Å². The summed E-state index contributed by atoms with van der Waals surface area (Å²) in [6.45, 7) is 0. The third kappa shape index (κ3) is 2.49. The number of carbonyl (C=O) groups excluding carboxylic acids is 1. The first-order valence-electron chi connectivity index (χ1n) is 7.78. The van der Waals surface area contributed by atoms with Crippen molar-refractivity contribution in [1.82, 2.24) is 10.2 Å². The van der Waals surface area contributed by atoms with Gasteiger partial charge in [-0.05, 0) is 46.2 Å². The summed E-state index contributed by atoms with van der Waals surface area (Å²) in [5.41, 5.74) is 4.10. The average molecular weight is 338 g/mol. The second-order valence-corrected chi connectivity index (χ2v) is 6.87. The number of fused-ring (bicyclic) bond motifs is 1. The van der Waals surface area contributed by atoms with Gasteiger partial charge in [0.15, 0.2) is 0 Å². The Morgan fingerprint density at radius 2 is 2.17 bits per heavy atom. The summed E-state index contributed by atoms with van der Waals surface area (Å²) in [6.07, 6.45) is 3.72. The Bertz CT molecular complexity index is 825. The summed E-state index contributed by atoms with van der Waals surface area (Å²) in [4.78, 5) is 20.4. The summed E-state index contributed by atoms with van der Waals surface area (Å²) in [5, 5.41) is 7.43. The van der Waals surface area contributed by atoms with Gasteiger partial charge in [0.1, 0.15) is 6.17 Å². The van der Waals surface area contributed by atoms with Gasteiger partial charge in [0.2, 0.25) is 0 Å². The number of nitrogens with one attached hydrogen (secondary N) is 1. The van der Waals surface area contributed by atoms with E-state index in [1.54, 1.807) is 30.3 Å². The fraction of sp³-hybridized carbons (Fsp3) is 0.222. The number of carbonyl (C=O) groups is 1. The molecule has 1 aromatic heterocycles. The molecule has 6 heteroatoms. The molecule has 4 rings (SSSR count). The summed E-state index contributed by atoms with van der Waals surface area (Å²) in [7, 11) is 3.51. The van der Waals surface area contributed by atoms with Gasteiger partial charge in [-0.3, -0.25) is 4.79 Å². The molecule has 2 aromatic rings. The Kier molecular flexibility index (Phi) is 3.61. The maximum Gasteiger partial charge on any atom is 0.269 e. The molecule has 1 aromatic carbocycles. The SMILES string of the molecule is CN(C)C(=O)C1=CC2C(N=CN2c2cccc(-c3ccsc3)c2)N1. The van der Waals surface area contributed by atoms with E-state index in [1.165, 1.54) is 11.1 Å². The number of thiophene rings is 1. The van der Waals surface area contributed by atoms with Gasteiger partial charge >= 0.3 is 0 Å². The smallest absolute Gasteiger partial charge is 0.269 e. The zero-order chi connectivity index (χ0) is 16.7. The van der Waals surface area contributed by atoms with E-state index in [0.717, 1.165) is 5.69 Å². The van der Waals surface area contributed by atoms with Crippen molar-refractivity contribution in [2.24, 2.45) is 4.99 Å². The van der Waals surface area contributed by atoms with Crippen molar-refractivity contribution in [2.45, 2.75) is 12.2 Å². The fourth-order valence-corrected chi connectivity index (χ4v) is 3.69. The zero-order valence-corrected chi connectivity index (χ0v) is 14.3. The van der Waals surface area contributed by atoms with E-state index in [1.807, 2.05) is 12.4 Å².